The highest BCUT2D eigenvalue weighted by Gasteiger charge is 2.15. The van der Waals surface area contributed by atoms with Crippen molar-refractivity contribution in [1.29, 1.82) is 0 Å². The fraction of sp³-hybridized carbons (Fsp3) is 0.500. The van der Waals surface area contributed by atoms with Gasteiger partial charge in [0, 0.05) is 64.1 Å². The summed E-state index contributed by atoms with van der Waals surface area (Å²) in [5.41, 5.74) is 2.16. The summed E-state index contributed by atoms with van der Waals surface area (Å²) in [6.07, 6.45) is 1.94. The minimum atomic E-state index is 0. The second-order valence-corrected chi connectivity index (χ2v) is 8.02. The molecule has 0 saturated carbocycles. The Morgan fingerprint density at radius 3 is 2.48 bits per heavy atom. The summed E-state index contributed by atoms with van der Waals surface area (Å²) in [6.45, 7) is 8.29. The number of nitrogens with one attached hydrogen (secondary N) is 1. The van der Waals surface area contributed by atoms with Gasteiger partial charge in [0.2, 0.25) is 0 Å². The van der Waals surface area contributed by atoms with E-state index in [1.54, 1.807) is 14.2 Å². The monoisotopic (exact) mass is 568 g/mol. The van der Waals surface area contributed by atoms with Crippen LogP contribution >= 0.6 is 24.0 Å². The molecule has 2 aromatic rings. The number of guanidine groups is 1. The Bertz CT molecular complexity index is 885. The number of likely N-dealkylation sites (N-methyl/N-ethyl adjacent to an activating group) is 1. The van der Waals surface area contributed by atoms with Crippen molar-refractivity contribution in [2.45, 2.75) is 20.0 Å². The van der Waals surface area contributed by atoms with E-state index in [1.807, 2.05) is 31.4 Å². The van der Waals surface area contributed by atoms with Crippen LogP contribution in [0.1, 0.15) is 18.1 Å². The molecule has 1 fully saturated rings. The van der Waals surface area contributed by atoms with E-state index >= 15 is 0 Å². The SMILES string of the molecule is CCNC(=NCc1ccc(N2CCN(C)CC2)nc1)N(C)Cc1ccc(OC)cc1OC.I. The number of rotatable bonds is 8. The van der Waals surface area contributed by atoms with Gasteiger partial charge in [-0.1, -0.05) is 6.07 Å². The molecule has 8 nitrogen and oxygen atoms in total. The third-order valence-corrected chi connectivity index (χ3v) is 5.65. The molecule has 1 aromatic heterocycles. The number of halogens is 1. The smallest absolute Gasteiger partial charge is 0.194 e. The second-order valence-electron chi connectivity index (χ2n) is 8.02. The van der Waals surface area contributed by atoms with Crippen LogP contribution in [0.4, 0.5) is 5.82 Å². The predicted octanol–water partition coefficient (Wildman–Crippen LogP) is 3.07. The van der Waals surface area contributed by atoms with E-state index in [9.17, 15) is 0 Å². The minimum absolute atomic E-state index is 0. The Labute approximate surface area is 215 Å². The van der Waals surface area contributed by atoms with E-state index in [1.165, 1.54) is 0 Å². The predicted molar refractivity (Wildman–Crippen MR) is 145 cm³/mol. The fourth-order valence-corrected chi connectivity index (χ4v) is 3.68. The van der Waals surface area contributed by atoms with E-state index in [0.717, 1.165) is 67.1 Å². The molecule has 182 valence electrons. The summed E-state index contributed by atoms with van der Waals surface area (Å²) in [7, 11) is 7.52. The van der Waals surface area contributed by atoms with Gasteiger partial charge in [-0.15, -0.1) is 24.0 Å². The van der Waals surface area contributed by atoms with E-state index in [-0.39, 0.29) is 24.0 Å². The van der Waals surface area contributed by atoms with Crippen molar-refractivity contribution in [2.75, 3.05) is 65.9 Å². The van der Waals surface area contributed by atoms with Crippen molar-refractivity contribution in [1.82, 2.24) is 20.1 Å². The first-order chi connectivity index (χ1) is 15.5. The highest BCUT2D eigenvalue weighted by Crippen LogP contribution is 2.25. The summed E-state index contributed by atoms with van der Waals surface area (Å²) >= 11 is 0. The molecule has 0 amide bonds. The number of benzene rings is 1. The number of methoxy groups -OCH3 is 2. The van der Waals surface area contributed by atoms with Crippen LogP contribution in [0.25, 0.3) is 0 Å². The molecule has 33 heavy (non-hydrogen) atoms. The number of pyridine rings is 1. The van der Waals surface area contributed by atoms with Crippen molar-refractivity contribution >= 4 is 35.8 Å². The van der Waals surface area contributed by atoms with E-state index in [4.69, 9.17) is 14.5 Å². The Morgan fingerprint density at radius 2 is 1.88 bits per heavy atom. The Balaban J connectivity index is 0.00000385. The lowest BCUT2D eigenvalue weighted by Crippen LogP contribution is -2.44. The van der Waals surface area contributed by atoms with Crippen LogP contribution < -0.4 is 19.7 Å². The Morgan fingerprint density at radius 1 is 1.12 bits per heavy atom. The van der Waals surface area contributed by atoms with Crippen LogP contribution in [0.5, 0.6) is 11.5 Å². The number of anilines is 1. The number of hydrogen-bond donors (Lipinski definition) is 1. The van der Waals surface area contributed by atoms with E-state index in [2.05, 4.69) is 51.1 Å². The van der Waals surface area contributed by atoms with Gasteiger partial charge >= 0.3 is 0 Å². The van der Waals surface area contributed by atoms with Crippen molar-refractivity contribution in [2.24, 2.45) is 4.99 Å². The fourth-order valence-electron chi connectivity index (χ4n) is 3.68. The lowest BCUT2D eigenvalue weighted by molar-refractivity contribution is 0.312. The standard InChI is InChI=1S/C24H36N6O2.HI/c1-6-25-24(29(3)18-20-8-9-21(31-4)15-22(20)32-5)27-17-19-7-10-23(26-16-19)30-13-11-28(2)12-14-30;/h7-10,15-16H,6,11-14,17-18H2,1-5H3,(H,25,27);1H. The molecule has 0 unspecified atom stereocenters. The van der Waals surface area contributed by atoms with Gasteiger partial charge in [0.15, 0.2) is 5.96 Å². The van der Waals surface area contributed by atoms with Crippen LogP contribution in [-0.2, 0) is 13.1 Å². The summed E-state index contributed by atoms with van der Waals surface area (Å²) in [4.78, 5) is 16.3. The molecule has 2 heterocycles. The van der Waals surface area contributed by atoms with E-state index < -0.39 is 0 Å². The minimum Gasteiger partial charge on any atom is -0.497 e. The molecule has 9 heteroatoms. The van der Waals surface area contributed by atoms with Crippen molar-refractivity contribution < 1.29 is 9.47 Å². The van der Waals surface area contributed by atoms with Gasteiger partial charge in [-0.25, -0.2) is 9.98 Å². The van der Waals surface area contributed by atoms with Crippen molar-refractivity contribution in [3.63, 3.8) is 0 Å². The van der Waals surface area contributed by atoms with Crippen LogP contribution in [-0.4, -0.2) is 81.8 Å². The summed E-state index contributed by atoms with van der Waals surface area (Å²) in [6, 6.07) is 10.1. The Kier molecular flexibility index (Phi) is 11.0. The quantitative estimate of drug-likeness (QED) is 0.299. The molecular formula is C24H37IN6O2. The summed E-state index contributed by atoms with van der Waals surface area (Å²) in [5, 5.41) is 3.38. The molecule has 0 aliphatic carbocycles. The first-order valence-corrected chi connectivity index (χ1v) is 11.1. The molecule has 0 spiro atoms. The van der Waals surface area contributed by atoms with Crippen molar-refractivity contribution in [3.8, 4) is 11.5 Å². The molecular weight excluding hydrogens is 531 g/mol. The number of aliphatic imine (C=N–C) groups is 1. The molecule has 0 radical (unpaired) electrons. The first-order valence-electron chi connectivity index (χ1n) is 11.1. The number of aromatic nitrogens is 1. The van der Waals surface area contributed by atoms with Gasteiger partial charge in [0.25, 0.3) is 0 Å². The maximum Gasteiger partial charge on any atom is 0.194 e. The maximum atomic E-state index is 5.54. The zero-order valence-corrected chi connectivity index (χ0v) is 22.7. The molecule has 1 aliphatic rings. The molecule has 1 aromatic carbocycles. The van der Waals surface area contributed by atoms with Gasteiger partial charge in [-0.05, 0) is 37.7 Å². The summed E-state index contributed by atoms with van der Waals surface area (Å²) < 4.78 is 10.8. The lowest BCUT2D eigenvalue weighted by atomic mass is 10.2. The van der Waals surface area contributed by atoms with Gasteiger partial charge in [-0.2, -0.15) is 0 Å². The molecule has 1 saturated heterocycles. The van der Waals surface area contributed by atoms with Crippen LogP contribution in [0.15, 0.2) is 41.5 Å². The maximum absolute atomic E-state index is 5.54. The van der Waals surface area contributed by atoms with Crippen LogP contribution in [0, 0.1) is 0 Å². The lowest BCUT2D eigenvalue weighted by Gasteiger charge is -2.33. The largest absolute Gasteiger partial charge is 0.497 e. The molecule has 1 N–H and O–H groups in total. The van der Waals surface area contributed by atoms with Crippen LogP contribution in [0.3, 0.4) is 0 Å². The van der Waals surface area contributed by atoms with Crippen LogP contribution in [0.2, 0.25) is 0 Å². The van der Waals surface area contributed by atoms with Crippen molar-refractivity contribution in [3.05, 3.63) is 47.7 Å². The van der Waals surface area contributed by atoms with E-state index in [0.29, 0.717) is 13.1 Å². The van der Waals surface area contributed by atoms with Gasteiger partial charge in [0.05, 0.1) is 20.8 Å². The highest BCUT2D eigenvalue weighted by atomic mass is 127. The molecule has 0 bridgehead atoms. The van der Waals surface area contributed by atoms with Gasteiger partial charge in [0.1, 0.15) is 17.3 Å². The zero-order chi connectivity index (χ0) is 22.9. The normalized spacial score (nSPS) is 14.5. The second kappa shape index (κ2) is 13.4. The first kappa shape index (κ1) is 27.0. The molecule has 0 atom stereocenters. The summed E-state index contributed by atoms with van der Waals surface area (Å²) in [5.74, 6) is 3.46. The number of ether oxygens (including phenoxy) is 2. The third-order valence-electron chi connectivity index (χ3n) is 5.65. The molecule has 3 rings (SSSR count). The third kappa shape index (κ3) is 7.63. The Hall–Kier alpha value is -2.27. The highest BCUT2D eigenvalue weighted by molar-refractivity contribution is 14.0. The number of hydrogen-bond acceptors (Lipinski definition) is 6. The topological polar surface area (TPSA) is 65.5 Å². The average molecular weight is 569 g/mol. The van der Waals surface area contributed by atoms with Gasteiger partial charge < -0.3 is 29.5 Å². The zero-order valence-electron chi connectivity index (χ0n) is 20.4. The number of piperazine rings is 1. The number of nitrogens with zero attached hydrogens (tertiary/aromatic N) is 5. The molecule has 1 aliphatic heterocycles. The van der Waals surface area contributed by atoms with Gasteiger partial charge in [-0.3, -0.25) is 0 Å². The average Bonchev–Trinajstić information content (AvgIpc) is 2.82.